The Bertz CT molecular complexity index is 538. The Hall–Kier alpha value is -1.13. The zero-order valence-corrected chi connectivity index (χ0v) is 11.9. The van der Waals surface area contributed by atoms with Gasteiger partial charge in [0.2, 0.25) is 0 Å². The lowest BCUT2D eigenvalue weighted by molar-refractivity contribution is 0.446. The number of hydrogen-bond acceptors (Lipinski definition) is 2. The molecule has 0 spiro atoms. The average Bonchev–Trinajstić information content (AvgIpc) is 2.75. The van der Waals surface area contributed by atoms with E-state index in [1.807, 2.05) is 25.1 Å². The van der Waals surface area contributed by atoms with E-state index in [0.717, 1.165) is 11.3 Å². The normalized spacial score (nSPS) is 12.7. The van der Waals surface area contributed by atoms with Gasteiger partial charge in [-0.05, 0) is 59.1 Å². The number of halogens is 2. The zero-order chi connectivity index (χ0) is 13.1. The maximum Gasteiger partial charge on any atom is 0.169 e. The van der Waals surface area contributed by atoms with Crippen LogP contribution in [0.25, 0.3) is 0 Å². The molecule has 1 heterocycles. The quantitative estimate of drug-likeness (QED) is 0.908. The monoisotopic (exact) mass is 311 g/mol. The Balaban J connectivity index is 1.99. The lowest BCUT2D eigenvalue weighted by atomic mass is 10.1. The number of hydrogen-bond donors (Lipinski definition) is 1. The number of rotatable bonds is 4. The number of nitrogens with one attached hydrogen (secondary N) is 1. The molecule has 0 saturated carbocycles. The summed E-state index contributed by atoms with van der Waals surface area (Å²) < 4.78 is 19.6. The molecule has 0 saturated heterocycles. The van der Waals surface area contributed by atoms with Crippen LogP contribution < -0.4 is 5.32 Å². The van der Waals surface area contributed by atoms with Crippen LogP contribution in [0, 0.1) is 12.7 Å². The third-order valence-electron chi connectivity index (χ3n) is 2.91. The lowest BCUT2D eigenvalue weighted by Crippen LogP contribution is -2.17. The molecular formula is C14H15BrFNO. The highest BCUT2D eigenvalue weighted by Crippen LogP contribution is 2.18. The molecular weight excluding hydrogens is 297 g/mol. The smallest absolute Gasteiger partial charge is 0.169 e. The van der Waals surface area contributed by atoms with Gasteiger partial charge in [-0.1, -0.05) is 12.1 Å². The number of furan rings is 1. The van der Waals surface area contributed by atoms with Crippen LogP contribution in [0.3, 0.4) is 0 Å². The van der Waals surface area contributed by atoms with Crippen LogP contribution in [0.4, 0.5) is 4.39 Å². The first-order valence-electron chi connectivity index (χ1n) is 5.80. The van der Waals surface area contributed by atoms with Crippen LogP contribution in [-0.4, -0.2) is 0 Å². The number of benzene rings is 1. The fourth-order valence-electron chi connectivity index (χ4n) is 1.70. The van der Waals surface area contributed by atoms with Crippen LogP contribution in [0.1, 0.15) is 29.9 Å². The predicted octanol–water partition coefficient (Wildman–Crippen LogP) is 4.34. The van der Waals surface area contributed by atoms with Crippen LogP contribution in [0.2, 0.25) is 0 Å². The molecule has 0 bridgehead atoms. The summed E-state index contributed by atoms with van der Waals surface area (Å²) in [6, 6.07) is 9.14. The standard InChI is InChI=1S/C14H15BrFNO/c1-9-3-4-11(7-13(9)16)10(2)17-8-12-5-6-14(15)18-12/h3-7,10,17H,8H2,1-2H3. The molecule has 2 nitrogen and oxygen atoms in total. The van der Waals surface area contributed by atoms with Crippen molar-refractivity contribution >= 4 is 15.9 Å². The van der Waals surface area contributed by atoms with E-state index in [0.29, 0.717) is 16.8 Å². The molecule has 18 heavy (non-hydrogen) atoms. The molecule has 1 aromatic carbocycles. The fourth-order valence-corrected chi connectivity index (χ4v) is 2.04. The second-order valence-corrected chi connectivity index (χ2v) is 5.10. The van der Waals surface area contributed by atoms with E-state index >= 15 is 0 Å². The van der Waals surface area contributed by atoms with Crippen molar-refractivity contribution in [2.75, 3.05) is 0 Å². The Morgan fingerprint density at radius 1 is 1.33 bits per heavy atom. The second-order valence-electron chi connectivity index (χ2n) is 4.32. The van der Waals surface area contributed by atoms with E-state index in [1.54, 1.807) is 19.1 Å². The summed E-state index contributed by atoms with van der Waals surface area (Å²) in [6.07, 6.45) is 0. The SMILES string of the molecule is Cc1ccc(C(C)NCc2ccc(Br)o2)cc1F. The molecule has 4 heteroatoms. The van der Waals surface area contributed by atoms with Crippen LogP contribution >= 0.6 is 15.9 Å². The second kappa shape index (κ2) is 5.67. The summed E-state index contributed by atoms with van der Waals surface area (Å²) >= 11 is 3.26. The van der Waals surface area contributed by atoms with Crippen molar-refractivity contribution in [2.45, 2.75) is 26.4 Å². The average molecular weight is 312 g/mol. The maximum absolute atomic E-state index is 13.5. The molecule has 2 aromatic rings. The third-order valence-corrected chi connectivity index (χ3v) is 3.33. The Morgan fingerprint density at radius 2 is 2.11 bits per heavy atom. The lowest BCUT2D eigenvalue weighted by Gasteiger charge is -2.14. The van der Waals surface area contributed by atoms with Gasteiger partial charge in [-0.3, -0.25) is 0 Å². The molecule has 0 fully saturated rings. The first-order valence-corrected chi connectivity index (χ1v) is 6.59. The van der Waals surface area contributed by atoms with Crippen molar-refractivity contribution in [3.8, 4) is 0 Å². The molecule has 1 N–H and O–H groups in total. The molecule has 96 valence electrons. The molecule has 0 radical (unpaired) electrons. The molecule has 1 atom stereocenters. The van der Waals surface area contributed by atoms with Crippen molar-refractivity contribution in [3.05, 3.63) is 57.7 Å². The molecule has 0 amide bonds. The van der Waals surface area contributed by atoms with Gasteiger partial charge in [0, 0.05) is 6.04 Å². The van der Waals surface area contributed by atoms with E-state index in [1.165, 1.54) is 0 Å². The highest BCUT2D eigenvalue weighted by atomic mass is 79.9. The molecule has 0 aliphatic heterocycles. The van der Waals surface area contributed by atoms with Crippen LogP contribution in [0.15, 0.2) is 39.4 Å². The van der Waals surface area contributed by atoms with E-state index in [4.69, 9.17) is 4.42 Å². The van der Waals surface area contributed by atoms with Crippen molar-refractivity contribution in [1.82, 2.24) is 5.32 Å². The maximum atomic E-state index is 13.5. The summed E-state index contributed by atoms with van der Waals surface area (Å²) in [6.45, 7) is 4.38. The Labute approximate surface area is 114 Å². The third kappa shape index (κ3) is 3.21. The molecule has 0 aliphatic rings. The summed E-state index contributed by atoms with van der Waals surface area (Å²) in [5.41, 5.74) is 1.60. The van der Waals surface area contributed by atoms with Gasteiger partial charge in [-0.15, -0.1) is 0 Å². The first kappa shape index (κ1) is 13.3. The highest BCUT2D eigenvalue weighted by Gasteiger charge is 2.08. The van der Waals surface area contributed by atoms with Gasteiger partial charge >= 0.3 is 0 Å². The van der Waals surface area contributed by atoms with Gasteiger partial charge in [0.1, 0.15) is 11.6 Å². The molecule has 0 aliphatic carbocycles. The fraction of sp³-hybridized carbons (Fsp3) is 0.286. The molecule has 1 aromatic heterocycles. The minimum absolute atomic E-state index is 0.0731. The van der Waals surface area contributed by atoms with Crippen molar-refractivity contribution in [2.24, 2.45) is 0 Å². The van der Waals surface area contributed by atoms with Gasteiger partial charge in [0.15, 0.2) is 4.67 Å². The van der Waals surface area contributed by atoms with Crippen LogP contribution in [-0.2, 0) is 6.54 Å². The van der Waals surface area contributed by atoms with E-state index < -0.39 is 0 Å². The summed E-state index contributed by atoms with van der Waals surface area (Å²) in [4.78, 5) is 0. The highest BCUT2D eigenvalue weighted by molar-refractivity contribution is 9.10. The topological polar surface area (TPSA) is 25.2 Å². The predicted molar refractivity (Wildman–Crippen MR) is 72.8 cm³/mol. The molecule has 2 rings (SSSR count). The van der Waals surface area contributed by atoms with Gasteiger partial charge in [0.25, 0.3) is 0 Å². The summed E-state index contributed by atoms with van der Waals surface area (Å²) in [5.74, 6) is 0.684. The first-order chi connectivity index (χ1) is 8.56. The van der Waals surface area contributed by atoms with Crippen LogP contribution in [0.5, 0.6) is 0 Å². The van der Waals surface area contributed by atoms with E-state index in [2.05, 4.69) is 21.2 Å². The van der Waals surface area contributed by atoms with Crippen molar-refractivity contribution in [1.29, 1.82) is 0 Å². The summed E-state index contributed by atoms with van der Waals surface area (Å²) in [5, 5.41) is 3.29. The van der Waals surface area contributed by atoms with Gasteiger partial charge in [-0.2, -0.15) is 0 Å². The van der Waals surface area contributed by atoms with Gasteiger partial charge < -0.3 is 9.73 Å². The Morgan fingerprint density at radius 3 is 2.72 bits per heavy atom. The molecule has 1 unspecified atom stereocenters. The summed E-state index contributed by atoms with van der Waals surface area (Å²) in [7, 11) is 0. The largest absolute Gasteiger partial charge is 0.453 e. The van der Waals surface area contributed by atoms with Crippen molar-refractivity contribution in [3.63, 3.8) is 0 Å². The van der Waals surface area contributed by atoms with Gasteiger partial charge in [-0.25, -0.2) is 4.39 Å². The van der Waals surface area contributed by atoms with E-state index in [9.17, 15) is 4.39 Å². The zero-order valence-electron chi connectivity index (χ0n) is 10.3. The van der Waals surface area contributed by atoms with E-state index in [-0.39, 0.29) is 11.9 Å². The van der Waals surface area contributed by atoms with Crippen molar-refractivity contribution < 1.29 is 8.81 Å². The minimum Gasteiger partial charge on any atom is -0.453 e. The van der Waals surface area contributed by atoms with Gasteiger partial charge in [0.05, 0.1) is 6.54 Å². The Kier molecular flexibility index (Phi) is 4.19. The number of aryl methyl sites for hydroxylation is 1. The minimum atomic E-state index is -0.165.